The van der Waals surface area contributed by atoms with Crippen LogP contribution in [0.25, 0.3) is 17.1 Å². The summed E-state index contributed by atoms with van der Waals surface area (Å²) in [5.74, 6) is 1.04. The molecule has 0 saturated carbocycles. The van der Waals surface area contributed by atoms with E-state index in [1.807, 2.05) is 25.3 Å². The van der Waals surface area contributed by atoms with Crippen molar-refractivity contribution in [1.82, 2.24) is 28.9 Å². The Morgan fingerprint density at radius 2 is 1.84 bits per heavy atom. The van der Waals surface area contributed by atoms with E-state index in [4.69, 9.17) is 0 Å². The molecule has 0 bridgehead atoms. The maximum atomic E-state index is 12.5. The van der Waals surface area contributed by atoms with E-state index < -0.39 is 11.2 Å². The summed E-state index contributed by atoms with van der Waals surface area (Å²) in [4.78, 5) is 31.4. The molecule has 0 amide bonds. The van der Waals surface area contributed by atoms with Crippen molar-refractivity contribution >= 4 is 11.2 Å². The topological polar surface area (TPSA) is 90.5 Å². The van der Waals surface area contributed by atoms with E-state index in [-0.39, 0.29) is 0 Å². The lowest BCUT2D eigenvalue weighted by molar-refractivity contribution is 0.513. The van der Waals surface area contributed by atoms with Crippen LogP contribution in [-0.2, 0) is 13.6 Å². The summed E-state index contributed by atoms with van der Waals surface area (Å²) in [7, 11) is 1.61. The molecule has 0 unspecified atom stereocenters. The number of aryl methyl sites for hydroxylation is 3. The van der Waals surface area contributed by atoms with Crippen LogP contribution in [0.4, 0.5) is 0 Å². The van der Waals surface area contributed by atoms with E-state index in [0.717, 1.165) is 23.4 Å². The van der Waals surface area contributed by atoms with Crippen LogP contribution in [0.15, 0.2) is 9.59 Å². The van der Waals surface area contributed by atoms with E-state index in [1.165, 1.54) is 4.57 Å². The van der Waals surface area contributed by atoms with Gasteiger partial charge in [0.2, 0.25) is 5.95 Å². The van der Waals surface area contributed by atoms with E-state index in [9.17, 15) is 9.59 Å². The molecule has 8 nitrogen and oxygen atoms in total. The van der Waals surface area contributed by atoms with Crippen molar-refractivity contribution < 1.29 is 0 Å². The summed E-state index contributed by atoms with van der Waals surface area (Å²) in [6, 6.07) is 0. The third-order valence-electron chi connectivity index (χ3n) is 4.76. The van der Waals surface area contributed by atoms with Gasteiger partial charge in [-0.2, -0.15) is 10.1 Å². The number of imidazole rings is 1. The molecule has 3 rings (SSSR count). The second-order valence-electron chi connectivity index (χ2n) is 6.94. The number of nitrogens with zero attached hydrogens (tertiary/aromatic N) is 5. The van der Waals surface area contributed by atoms with Gasteiger partial charge in [-0.1, -0.05) is 13.8 Å². The molecule has 134 valence electrons. The molecule has 0 aliphatic carbocycles. The molecule has 3 aromatic rings. The molecule has 0 fully saturated rings. The Balaban J connectivity index is 2.37. The number of rotatable bonds is 4. The molecule has 0 aliphatic heterocycles. The van der Waals surface area contributed by atoms with Crippen LogP contribution in [0.3, 0.4) is 0 Å². The summed E-state index contributed by atoms with van der Waals surface area (Å²) in [6.07, 6.45) is 0.888. The Bertz CT molecular complexity index is 1060. The van der Waals surface area contributed by atoms with Crippen molar-refractivity contribution in [2.45, 2.75) is 47.6 Å². The number of nitrogens with one attached hydrogen (secondary N) is 1. The summed E-state index contributed by atoms with van der Waals surface area (Å²) >= 11 is 0. The average Bonchev–Trinajstić information content (AvgIpc) is 3.04. The molecular weight excluding hydrogens is 320 g/mol. The third kappa shape index (κ3) is 2.71. The van der Waals surface area contributed by atoms with Gasteiger partial charge in [0.05, 0.1) is 5.69 Å². The van der Waals surface area contributed by atoms with Gasteiger partial charge in [-0.3, -0.25) is 14.3 Å². The first-order valence-electron chi connectivity index (χ1n) is 8.45. The van der Waals surface area contributed by atoms with Crippen molar-refractivity contribution in [3.63, 3.8) is 0 Å². The van der Waals surface area contributed by atoms with E-state index >= 15 is 0 Å². The zero-order valence-corrected chi connectivity index (χ0v) is 15.5. The van der Waals surface area contributed by atoms with Crippen LogP contribution in [-0.4, -0.2) is 28.9 Å². The molecule has 0 atom stereocenters. The second kappa shape index (κ2) is 6.02. The lowest BCUT2D eigenvalue weighted by atomic mass is 10.1. The minimum Gasteiger partial charge on any atom is -0.302 e. The molecule has 0 saturated heterocycles. The quantitative estimate of drug-likeness (QED) is 0.778. The predicted molar refractivity (Wildman–Crippen MR) is 96.4 cm³/mol. The van der Waals surface area contributed by atoms with Gasteiger partial charge in [-0.05, 0) is 38.7 Å². The molecule has 0 radical (unpaired) electrons. The van der Waals surface area contributed by atoms with Gasteiger partial charge in [0, 0.05) is 19.3 Å². The number of aromatic nitrogens is 6. The van der Waals surface area contributed by atoms with Crippen molar-refractivity contribution in [3.05, 3.63) is 37.8 Å². The van der Waals surface area contributed by atoms with Gasteiger partial charge < -0.3 is 4.57 Å². The standard InChI is InChI=1S/C17H24N6O2/c1-9(2)7-8-22-13-14(21(6)17(25)19-15(13)24)18-16(22)23-12(5)10(3)11(4)20-23/h9H,7-8H2,1-6H3,(H,19,24,25). The fraction of sp³-hybridized carbons (Fsp3) is 0.529. The fourth-order valence-electron chi connectivity index (χ4n) is 2.90. The smallest absolute Gasteiger partial charge is 0.302 e. The molecule has 0 aliphatic rings. The zero-order valence-electron chi connectivity index (χ0n) is 15.5. The Morgan fingerprint density at radius 1 is 1.16 bits per heavy atom. The van der Waals surface area contributed by atoms with Crippen LogP contribution in [0, 0.1) is 26.7 Å². The van der Waals surface area contributed by atoms with E-state index in [0.29, 0.717) is 29.6 Å². The summed E-state index contributed by atoms with van der Waals surface area (Å²) in [5.41, 5.74) is 2.87. The normalized spacial score (nSPS) is 11.8. The molecule has 1 N–H and O–H groups in total. The third-order valence-corrected chi connectivity index (χ3v) is 4.76. The number of fused-ring (bicyclic) bond motifs is 1. The van der Waals surface area contributed by atoms with Gasteiger partial charge in [-0.15, -0.1) is 0 Å². The fourth-order valence-corrected chi connectivity index (χ4v) is 2.90. The van der Waals surface area contributed by atoms with Crippen molar-refractivity contribution in [2.24, 2.45) is 13.0 Å². The Morgan fingerprint density at radius 3 is 2.40 bits per heavy atom. The highest BCUT2D eigenvalue weighted by molar-refractivity contribution is 5.72. The molecule has 0 aromatic carbocycles. The average molecular weight is 344 g/mol. The molecule has 3 aromatic heterocycles. The van der Waals surface area contributed by atoms with Crippen LogP contribution in [0.5, 0.6) is 0 Å². The number of aromatic amines is 1. The first-order chi connectivity index (χ1) is 11.7. The molecule has 25 heavy (non-hydrogen) atoms. The van der Waals surface area contributed by atoms with Crippen LogP contribution < -0.4 is 11.2 Å². The first-order valence-corrected chi connectivity index (χ1v) is 8.45. The highest BCUT2D eigenvalue weighted by atomic mass is 16.2. The maximum absolute atomic E-state index is 12.5. The molecule has 8 heteroatoms. The predicted octanol–water partition coefficient (Wildman–Crippen LogP) is 1.58. The molecular formula is C17H24N6O2. The van der Waals surface area contributed by atoms with Crippen LogP contribution in [0.1, 0.15) is 37.2 Å². The number of hydrogen-bond donors (Lipinski definition) is 1. The Labute approximate surface area is 145 Å². The zero-order chi connectivity index (χ0) is 18.5. The van der Waals surface area contributed by atoms with E-state index in [2.05, 4.69) is 28.9 Å². The Hall–Kier alpha value is -2.64. The highest BCUT2D eigenvalue weighted by Crippen LogP contribution is 2.20. The number of H-pyrrole nitrogens is 1. The molecule has 0 spiro atoms. The molecule has 3 heterocycles. The van der Waals surface area contributed by atoms with Crippen molar-refractivity contribution in [1.29, 1.82) is 0 Å². The van der Waals surface area contributed by atoms with Crippen molar-refractivity contribution in [2.75, 3.05) is 0 Å². The summed E-state index contributed by atoms with van der Waals surface area (Å²) in [6.45, 7) is 10.8. The largest absolute Gasteiger partial charge is 0.329 e. The summed E-state index contributed by atoms with van der Waals surface area (Å²) < 4.78 is 4.99. The number of hydrogen-bond acceptors (Lipinski definition) is 4. The van der Waals surface area contributed by atoms with Gasteiger partial charge in [0.25, 0.3) is 5.56 Å². The Kier molecular flexibility index (Phi) is 4.14. The van der Waals surface area contributed by atoms with Gasteiger partial charge in [-0.25, -0.2) is 9.48 Å². The SMILES string of the molecule is Cc1nn(-c2nc3c(c(=O)[nH]c(=O)n3C)n2CCC(C)C)c(C)c1C. The minimum atomic E-state index is -0.470. The van der Waals surface area contributed by atoms with Gasteiger partial charge in [0.15, 0.2) is 11.2 Å². The first kappa shape index (κ1) is 17.2. The van der Waals surface area contributed by atoms with Gasteiger partial charge >= 0.3 is 5.69 Å². The van der Waals surface area contributed by atoms with Crippen molar-refractivity contribution in [3.8, 4) is 5.95 Å². The highest BCUT2D eigenvalue weighted by Gasteiger charge is 2.21. The second-order valence-corrected chi connectivity index (χ2v) is 6.94. The summed E-state index contributed by atoms with van der Waals surface area (Å²) in [5, 5.41) is 4.58. The lowest BCUT2D eigenvalue weighted by Gasteiger charge is -2.11. The van der Waals surface area contributed by atoms with Crippen LogP contribution >= 0.6 is 0 Å². The van der Waals surface area contributed by atoms with Crippen LogP contribution in [0.2, 0.25) is 0 Å². The minimum absolute atomic E-state index is 0.373. The monoisotopic (exact) mass is 344 g/mol. The lowest BCUT2D eigenvalue weighted by Crippen LogP contribution is -2.29. The van der Waals surface area contributed by atoms with Gasteiger partial charge in [0.1, 0.15) is 0 Å². The maximum Gasteiger partial charge on any atom is 0.329 e. The van der Waals surface area contributed by atoms with E-state index in [1.54, 1.807) is 11.7 Å².